The molecule has 1 heterocycles. The molecule has 9 heteroatoms. The molecule has 0 saturated heterocycles. The van der Waals surface area contributed by atoms with Gasteiger partial charge in [0, 0.05) is 23.8 Å². The van der Waals surface area contributed by atoms with Crippen molar-refractivity contribution in [1.29, 1.82) is 0 Å². The third-order valence-electron chi connectivity index (χ3n) is 2.40. The Balaban J connectivity index is 3.08. The Morgan fingerprint density at radius 2 is 2.21 bits per heavy atom. The van der Waals surface area contributed by atoms with Gasteiger partial charge in [-0.1, -0.05) is 6.92 Å². The summed E-state index contributed by atoms with van der Waals surface area (Å²) >= 11 is 0. The molecule has 7 nitrogen and oxygen atoms in total. The van der Waals surface area contributed by atoms with Crippen LogP contribution in [0.5, 0.6) is 0 Å². The van der Waals surface area contributed by atoms with E-state index in [9.17, 15) is 13.2 Å². The molecule has 2 N–H and O–H groups in total. The Labute approximate surface area is 116 Å². The first-order chi connectivity index (χ1) is 8.81. The number of H-pyrrole nitrogens is 1. The summed E-state index contributed by atoms with van der Waals surface area (Å²) in [5, 5.41) is 8.81. The van der Waals surface area contributed by atoms with Gasteiger partial charge in [0.05, 0.1) is 12.3 Å². The monoisotopic (exact) mass is 309 g/mol. The van der Waals surface area contributed by atoms with Gasteiger partial charge in [-0.3, -0.25) is 9.89 Å². The van der Waals surface area contributed by atoms with Gasteiger partial charge in [0.25, 0.3) is 15.0 Å². The minimum atomic E-state index is -4.04. The molecule has 0 bridgehead atoms. The Kier molecular flexibility index (Phi) is 5.33. The van der Waals surface area contributed by atoms with Gasteiger partial charge in [-0.25, -0.2) is 8.42 Å². The molecular formula is C10H16ClN3O4S. The Morgan fingerprint density at radius 3 is 2.68 bits per heavy atom. The van der Waals surface area contributed by atoms with Gasteiger partial charge in [-0.15, -0.1) is 0 Å². The highest BCUT2D eigenvalue weighted by Gasteiger charge is 2.28. The molecule has 0 aliphatic rings. The summed E-state index contributed by atoms with van der Waals surface area (Å²) in [6.07, 6.45) is 0.370. The van der Waals surface area contributed by atoms with Crippen LogP contribution >= 0.6 is 10.7 Å². The molecule has 0 radical (unpaired) electrons. The van der Waals surface area contributed by atoms with Crippen molar-refractivity contribution in [1.82, 2.24) is 15.5 Å². The molecule has 1 amide bonds. The second kappa shape index (κ2) is 6.36. The van der Waals surface area contributed by atoms with E-state index in [1.165, 1.54) is 7.11 Å². The fourth-order valence-electron chi connectivity index (χ4n) is 1.61. The maximum absolute atomic E-state index is 12.0. The quantitative estimate of drug-likeness (QED) is 0.752. The second-order valence-electron chi connectivity index (χ2n) is 4.00. The fourth-order valence-corrected chi connectivity index (χ4v) is 2.96. The maximum Gasteiger partial charge on any atom is 0.273 e. The van der Waals surface area contributed by atoms with E-state index in [2.05, 4.69) is 15.5 Å². The molecule has 0 aliphatic carbocycles. The summed E-state index contributed by atoms with van der Waals surface area (Å²) in [6.45, 7) is 3.76. The molecule has 0 fully saturated rings. The minimum absolute atomic E-state index is 0.227. The molecule has 1 aromatic heterocycles. The van der Waals surface area contributed by atoms with Crippen molar-refractivity contribution in [2.45, 2.75) is 31.2 Å². The number of amides is 1. The Hall–Kier alpha value is -1.12. The fraction of sp³-hybridized carbons (Fsp3) is 0.600. The van der Waals surface area contributed by atoms with E-state index in [1.54, 1.807) is 13.8 Å². The van der Waals surface area contributed by atoms with Crippen LogP contribution in [0.3, 0.4) is 0 Å². The average Bonchev–Trinajstić information content (AvgIpc) is 2.72. The molecule has 0 spiro atoms. The van der Waals surface area contributed by atoms with Gasteiger partial charge in [-0.2, -0.15) is 5.10 Å². The smallest absolute Gasteiger partial charge is 0.273 e. The van der Waals surface area contributed by atoms with Gasteiger partial charge in [0.15, 0.2) is 5.69 Å². The van der Waals surface area contributed by atoms with Crippen molar-refractivity contribution < 1.29 is 17.9 Å². The molecule has 19 heavy (non-hydrogen) atoms. The predicted molar refractivity (Wildman–Crippen MR) is 69.8 cm³/mol. The third kappa shape index (κ3) is 3.92. The van der Waals surface area contributed by atoms with Crippen molar-refractivity contribution in [3.8, 4) is 0 Å². The molecule has 1 aromatic rings. The van der Waals surface area contributed by atoms with E-state index in [0.29, 0.717) is 18.7 Å². The summed E-state index contributed by atoms with van der Waals surface area (Å²) < 4.78 is 27.9. The first-order valence-electron chi connectivity index (χ1n) is 5.62. The van der Waals surface area contributed by atoms with E-state index < -0.39 is 15.0 Å². The minimum Gasteiger partial charge on any atom is -0.383 e. The highest BCUT2D eigenvalue weighted by Crippen LogP contribution is 2.22. The lowest BCUT2D eigenvalue weighted by Gasteiger charge is -2.11. The van der Waals surface area contributed by atoms with Gasteiger partial charge in [0.2, 0.25) is 0 Å². The number of carbonyl (C=O) groups excluding carboxylic acids is 1. The van der Waals surface area contributed by atoms with E-state index >= 15 is 0 Å². The first kappa shape index (κ1) is 15.9. The van der Waals surface area contributed by atoms with Crippen LogP contribution in [0.2, 0.25) is 0 Å². The number of aryl methyl sites for hydroxylation is 1. The second-order valence-corrected chi connectivity index (χ2v) is 6.50. The zero-order chi connectivity index (χ0) is 14.6. The van der Waals surface area contributed by atoms with Crippen molar-refractivity contribution in [3.63, 3.8) is 0 Å². The van der Waals surface area contributed by atoms with E-state index in [-0.39, 0.29) is 16.6 Å². The van der Waals surface area contributed by atoms with Crippen LogP contribution < -0.4 is 5.32 Å². The highest BCUT2D eigenvalue weighted by molar-refractivity contribution is 8.13. The van der Waals surface area contributed by atoms with Gasteiger partial charge < -0.3 is 10.1 Å². The topological polar surface area (TPSA) is 101 Å². The number of rotatable bonds is 6. The lowest BCUT2D eigenvalue weighted by molar-refractivity contribution is 0.0897. The van der Waals surface area contributed by atoms with Crippen molar-refractivity contribution >= 4 is 25.6 Å². The molecule has 0 aromatic carbocycles. The summed E-state index contributed by atoms with van der Waals surface area (Å²) in [7, 11) is 2.80. The number of nitrogens with one attached hydrogen (secondary N) is 2. The number of hydrogen-bond acceptors (Lipinski definition) is 5. The van der Waals surface area contributed by atoms with Crippen LogP contribution in [0.15, 0.2) is 4.90 Å². The Bertz CT molecular complexity index is 555. The zero-order valence-electron chi connectivity index (χ0n) is 10.9. The average molecular weight is 310 g/mol. The molecule has 0 aliphatic heterocycles. The van der Waals surface area contributed by atoms with Crippen LogP contribution in [-0.4, -0.2) is 44.3 Å². The molecular weight excluding hydrogens is 294 g/mol. The van der Waals surface area contributed by atoms with Crippen LogP contribution in [0.1, 0.15) is 30.0 Å². The van der Waals surface area contributed by atoms with Crippen molar-refractivity contribution in [2.75, 3.05) is 13.7 Å². The molecule has 1 unspecified atom stereocenters. The maximum atomic E-state index is 12.0. The van der Waals surface area contributed by atoms with E-state index in [0.717, 1.165) is 0 Å². The normalized spacial score (nSPS) is 13.3. The lowest BCUT2D eigenvalue weighted by Crippen LogP contribution is -2.36. The van der Waals surface area contributed by atoms with Crippen molar-refractivity contribution in [2.24, 2.45) is 0 Å². The molecule has 1 rings (SSSR count). The largest absolute Gasteiger partial charge is 0.383 e. The molecule has 1 atom stereocenters. The Morgan fingerprint density at radius 1 is 1.58 bits per heavy atom. The zero-order valence-corrected chi connectivity index (χ0v) is 12.4. The van der Waals surface area contributed by atoms with Gasteiger partial charge in [-0.05, 0) is 13.3 Å². The van der Waals surface area contributed by atoms with E-state index in [4.69, 9.17) is 15.4 Å². The lowest BCUT2D eigenvalue weighted by atomic mass is 10.2. The molecule has 0 saturated carbocycles. The van der Waals surface area contributed by atoms with Gasteiger partial charge in [0.1, 0.15) is 4.90 Å². The summed E-state index contributed by atoms with van der Waals surface area (Å²) in [5.74, 6) is -0.611. The van der Waals surface area contributed by atoms with Crippen LogP contribution in [0.4, 0.5) is 0 Å². The summed E-state index contributed by atoms with van der Waals surface area (Å²) in [5.41, 5.74) is 0.0781. The number of methoxy groups -OCH3 is 1. The number of hydrogen-bond donors (Lipinski definition) is 2. The van der Waals surface area contributed by atoms with Crippen LogP contribution in [-0.2, 0) is 20.2 Å². The first-order valence-corrected chi connectivity index (χ1v) is 7.93. The number of halogens is 1. The SMILES string of the molecule is CCc1[nH]nc(C(=O)NC(C)COC)c1S(=O)(=O)Cl. The standard InChI is InChI=1S/C10H16ClN3O4S/c1-4-7-9(19(11,16)17)8(14-13-7)10(15)12-6(2)5-18-3/h6H,4-5H2,1-3H3,(H,12,15)(H,13,14). The summed E-state index contributed by atoms with van der Waals surface area (Å²) in [6, 6.07) is -0.273. The third-order valence-corrected chi connectivity index (χ3v) is 3.79. The van der Waals surface area contributed by atoms with Crippen LogP contribution in [0.25, 0.3) is 0 Å². The van der Waals surface area contributed by atoms with Crippen molar-refractivity contribution in [3.05, 3.63) is 11.4 Å². The number of nitrogens with zero attached hydrogens (tertiary/aromatic N) is 1. The summed E-state index contributed by atoms with van der Waals surface area (Å²) in [4.78, 5) is 11.7. The van der Waals surface area contributed by atoms with Crippen LogP contribution in [0, 0.1) is 0 Å². The number of ether oxygens (including phenoxy) is 1. The predicted octanol–water partition coefficient (Wildman–Crippen LogP) is 0.664. The van der Waals surface area contributed by atoms with E-state index in [1.807, 2.05) is 0 Å². The highest BCUT2D eigenvalue weighted by atomic mass is 35.7. The van der Waals surface area contributed by atoms with Gasteiger partial charge >= 0.3 is 0 Å². The number of aromatic nitrogens is 2. The number of aromatic amines is 1. The molecule has 108 valence electrons. The number of carbonyl (C=O) groups is 1.